The Morgan fingerprint density at radius 2 is 2.29 bits per heavy atom. The molecule has 0 bridgehead atoms. The molecule has 2 unspecified atom stereocenters. The van der Waals surface area contributed by atoms with Crippen LogP contribution in [-0.4, -0.2) is 6.29 Å². The topological polar surface area (TPSA) is 30.2 Å². The molecule has 1 saturated carbocycles. The van der Waals surface area contributed by atoms with Crippen LogP contribution in [0.4, 0.5) is 0 Å². The van der Waals surface area contributed by atoms with Crippen molar-refractivity contribution in [1.82, 2.24) is 0 Å². The highest BCUT2D eigenvalue weighted by Crippen LogP contribution is 2.47. The lowest BCUT2D eigenvalue weighted by Crippen LogP contribution is -1.76. The Morgan fingerprint density at radius 1 is 1.57 bits per heavy atom. The van der Waals surface area contributed by atoms with Gasteiger partial charge in [-0.15, -0.1) is 0 Å². The van der Waals surface area contributed by atoms with Crippen molar-refractivity contribution in [2.75, 3.05) is 0 Å². The minimum Gasteiger partial charge on any atom is -0.461 e. The zero-order valence-electron chi connectivity index (χ0n) is 8.49. The monoisotopic (exact) mass is 190 g/mol. The van der Waals surface area contributed by atoms with Crippen molar-refractivity contribution in [2.24, 2.45) is 5.92 Å². The molecule has 14 heavy (non-hydrogen) atoms. The van der Waals surface area contributed by atoms with Crippen molar-refractivity contribution >= 4 is 12.4 Å². The molecule has 1 aromatic rings. The smallest absolute Gasteiger partial charge is 0.145 e. The molecule has 0 N–H and O–H groups in total. The van der Waals surface area contributed by atoms with E-state index in [-0.39, 0.29) is 0 Å². The van der Waals surface area contributed by atoms with Crippen molar-refractivity contribution in [1.29, 1.82) is 0 Å². The van der Waals surface area contributed by atoms with Crippen LogP contribution in [0.2, 0.25) is 0 Å². The number of furan rings is 1. The van der Waals surface area contributed by atoms with E-state index in [0.29, 0.717) is 11.5 Å². The third-order valence-corrected chi connectivity index (χ3v) is 2.68. The predicted octanol–water partition coefficient (Wildman–Crippen LogP) is 3.01. The van der Waals surface area contributed by atoms with Gasteiger partial charge < -0.3 is 4.42 Å². The van der Waals surface area contributed by atoms with Gasteiger partial charge in [0.25, 0.3) is 0 Å². The SMILES string of the molecule is CC(C=O)=Cc1ccc(C2CC2C)o1. The van der Waals surface area contributed by atoms with Gasteiger partial charge in [-0.2, -0.15) is 0 Å². The molecule has 2 nitrogen and oxygen atoms in total. The average molecular weight is 190 g/mol. The summed E-state index contributed by atoms with van der Waals surface area (Å²) in [5, 5.41) is 0. The molecule has 1 aliphatic carbocycles. The third kappa shape index (κ3) is 1.79. The highest BCUT2D eigenvalue weighted by atomic mass is 16.3. The number of hydrogen-bond acceptors (Lipinski definition) is 2. The first-order valence-corrected chi connectivity index (χ1v) is 4.94. The Bertz CT molecular complexity index is 373. The van der Waals surface area contributed by atoms with Gasteiger partial charge in [0.1, 0.15) is 17.8 Å². The average Bonchev–Trinajstić information content (AvgIpc) is 2.73. The molecule has 0 amide bonds. The maximum atomic E-state index is 10.4. The quantitative estimate of drug-likeness (QED) is 0.541. The molecular weight excluding hydrogens is 176 g/mol. The van der Waals surface area contributed by atoms with Crippen LogP contribution in [0.15, 0.2) is 22.1 Å². The van der Waals surface area contributed by atoms with Crippen molar-refractivity contribution in [3.8, 4) is 0 Å². The predicted molar refractivity (Wildman–Crippen MR) is 54.9 cm³/mol. The van der Waals surface area contributed by atoms with E-state index < -0.39 is 0 Å². The molecular formula is C12H14O2. The summed E-state index contributed by atoms with van der Waals surface area (Å²) in [6, 6.07) is 3.94. The Kier molecular flexibility index (Phi) is 2.28. The third-order valence-electron chi connectivity index (χ3n) is 2.68. The number of carbonyl (C=O) groups excluding carboxylic acids is 1. The first kappa shape index (κ1) is 9.25. The first-order valence-electron chi connectivity index (χ1n) is 4.94. The molecule has 2 atom stereocenters. The minimum atomic E-state index is 0.605. The van der Waals surface area contributed by atoms with E-state index in [2.05, 4.69) is 6.92 Å². The molecule has 0 aliphatic heterocycles. The Morgan fingerprint density at radius 3 is 2.86 bits per heavy atom. The van der Waals surface area contributed by atoms with Gasteiger partial charge in [0, 0.05) is 5.92 Å². The maximum Gasteiger partial charge on any atom is 0.145 e. The van der Waals surface area contributed by atoms with Crippen molar-refractivity contribution in [3.63, 3.8) is 0 Å². The molecule has 74 valence electrons. The fourth-order valence-corrected chi connectivity index (χ4v) is 1.62. The zero-order chi connectivity index (χ0) is 10.1. The largest absolute Gasteiger partial charge is 0.461 e. The van der Waals surface area contributed by atoms with E-state index >= 15 is 0 Å². The number of hydrogen-bond donors (Lipinski definition) is 0. The zero-order valence-corrected chi connectivity index (χ0v) is 8.49. The van der Waals surface area contributed by atoms with Crippen molar-refractivity contribution in [2.45, 2.75) is 26.2 Å². The second kappa shape index (κ2) is 3.45. The van der Waals surface area contributed by atoms with Gasteiger partial charge in [-0.25, -0.2) is 0 Å². The summed E-state index contributed by atoms with van der Waals surface area (Å²) in [6.07, 6.45) is 3.83. The molecule has 0 aromatic carbocycles. The van der Waals surface area contributed by atoms with Gasteiger partial charge in [-0.05, 0) is 43.0 Å². The van der Waals surface area contributed by atoms with E-state index in [0.717, 1.165) is 23.7 Å². The minimum absolute atomic E-state index is 0.605. The normalized spacial score (nSPS) is 26.3. The van der Waals surface area contributed by atoms with Crippen LogP contribution in [0.25, 0.3) is 6.08 Å². The molecule has 1 aliphatic rings. The lowest BCUT2D eigenvalue weighted by molar-refractivity contribution is -0.104. The molecule has 2 rings (SSSR count). The highest BCUT2D eigenvalue weighted by Gasteiger charge is 2.36. The van der Waals surface area contributed by atoms with Crippen LogP contribution in [-0.2, 0) is 4.79 Å². The Balaban J connectivity index is 2.14. The van der Waals surface area contributed by atoms with E-state index in [9.17, 15) is 4.79 Å². The van der Waals surface area contributed by atoms with Crippen LogP contribution in [0.1, 0.15) is 37.7 Å². The summed E-state index contributed by atoms with van der Waals surface area (Å²) < 4.78 is 5.62. The van der Waals surface area contributed by atoms with Crippen LogP contribution in [0.5, 0.6) is 0 Å². The fraction of sp³-hybridized carbons (Fsp3) is 0.417. The van der Waals surface area contributed by atoms with Gasteiger partial charge in [-0.1, -0.05) is 6.92 Å². The fourth-order valence-electron chi connectivity index (χ4n) is 1.62. The second-order valence-corrected chi connectivity index (χ2v) is 4.07. The molecule has 0 radical (unpaired) electrons. The summed E-state index contributed by atoms with van der Waals surface area (Å²) in [5.41, 5.74) is 0.690. The van der Waals surface area contributed by atoms with E-state index in [1.54, 1.807) is 13.0 Å². The summed E-state index contributed by atoms with van der Waals surface area (Å²) in [7, 11) is 0. The van der Waals surface area contributed by atoms with Crippen LogP contribution < -0.4 is 0 Å². The highest BCUT2D eigenvalue weighted by molar-refractivity contribution is 5.79. The Labute approximate surface area is 83.6 Å². The molecule has 2 heteroatoms. The summed E-state index contributed by atoms with van der Waals surface area (Å²) in [6.45, 7) is 3.99. The number of rotatable bonds is 3. The summed E-state index contributed by atoms with van der Waals surface area (Å²) in [4.78, 5) is 10.4. The number of allylic oxidation sites excluding steroid dienone is 1. The lowest BCUT2D eigenvalue weighted by atomic mass is 10.2. The maximum absolute atomic E-state index is 10.4. The van der Waals surface area contributed by atoms with Gasteiger partial charge in [0.2, 0.25) is 0 Å². The molecule has 1 heterocycles. The molecule has 1 aromatic heterocycles. The van der Waals surface area contributed by atoms with Crippen LogP contribution >= 0.6 is 0 Å². The lowest BCUT2D eigenvalue weighted by Gasteiger charge is -1.90. The number of aldehydes is 1. The van der Waals surface area contributed by atoms with Gasteiger partial charge >= 0.3 is 0 Å². The van der Waals surface area contributed by atoms with Gasteiger partial charge in [0.15, 0.2) is 0 Å². The summed E-state index contributed by atoms with van der Waals surface area (Å²) in [5.74, 6) is 3.20. The van der Waals surface area contributed by atoms with E-state index in [4.69, 9.17) is 4.42 Å². The van der Waals surface area contributed by atoms with Crippen molar-refractivity contribution < 1.29 is 9.21 Å². The van der Waals surface area contributed by atoms with Crippen LogP contribution in [0.3, 0.4) is 0 Å². The molecule has 0 saturated heterocycles. The number of carbonyl (C=O) groups is 1. The van der Waals surface area contributed by atoms with Crippen molar-refractivity contribution in [3.05, 3.63) is 29.2 Å². The van der Waals surface area contributed by atoms with E-state index in [1.807, 2.05) is 12.1 Å². The summed E-state index contributed by atoms with van der Waals surface area (Å²) >= 11 is 0. The van der Waals surface area contributed by atoms with E-state index in [1.165, 1.54) is 6.42 Å². The standard InChI is InChI=1S/C12H14O2/c1-8(7-13)5-10-3-4-12(14-10)11-6-9(11)2/h3-5,7,9,11H,6H2,1-2H3. The van der Waals surface area contributed by atoms with Crippen LogP contribution in [0, 0.1) is 5.92 Å². The Hall–Kier alpha value is -1.31. The van der Waals surface area contributed by atoms with Gasteiger partial charge in [0.05, 0.1) is 0 Å². The first-order chi connectivity index (χ1) is 6.70. The second-order valence-electron chi connectivity index (χ2n) is 4.07. The molecule has 0 spiro atoms. The van der Waals surface area contributed by atoms with Gasteiger partial charge in [-0.3, -0.25) is 4.79 Å². The molecule has 1 fully saturated rings.